The fraction of sp³-hybridized carbons (Fsp3) is 0.533. The molecular formula is C15H22N2O3S2. The molecule has 0 bridgehead atoms. The topological polar surface area (TPSA) is 54.0 Å². The van der Waals surface area contributed by atoms with Gasteiger partial charge in [0.15, 0.2) is 11.5 Å². The van der Waals surface area contributed by atoms with E-state index in [0.717, 1.165) is 25.2 Å². The summed E-state index contributed by atoms with van der Waals surface area (Å²) in [5, 5.41) is 13.9. The van der Waals surface area contributed by atoms with Crippen molar-refractivity contribution in [3.05, 3.63) is 17.7 Å². The first-order chi connectivity index (χ1) is 10.4. The number of piperazine rings is 1. The Kier molecular flexibility index (Phi) is 5.41. The molecule has 0 saturated carbocycles. The number of phenolic OH excluding ortho intramolecular Hbond substituents is 1. The number of nitrogens with one attached hydrogen (secondary N) is 1. The molecule has 2 N–H and O–H groups in total. The Morgan fingerprint density at radius 2 is 2.18 bits per heavy atom. The summed E-state index contributed by atoms with van der Waals surface area (Å²) in [6, 6.07) is 3.66. The Bertz CT molecular complexity index is 568. The van der Waals surface area contributed by atoms with Gasteiger partial charge in [-0.3, -0.25) is 0 Å². The Balaban J connectivity index is 2.34. The Morgan fingerprint density at radius 1 is 1.45 bits per heavy atom. The van der Waals surface area contributed by atoms with E-state index >= 15 is 0 Å². The van der Waals surface area contributed by atoms with Crippen LogP contribution in [0.15, 0.2) is 12.1 Å². The zero-order chi connectivity index (χ0) is 16.3. The maximum atomic E-state index is 10.5. The average Bonchev–Trinajstić information content (AvgIpc) is 2.49. The first-order valence-corrected chi connectivity index (χ1v) is 7.92. The summed E-state index contributed by atoms with van der Waals surface area (Å²) in [5.41, 5.74) is 0.534. The molecule has 0 radical (unpaired) electrons. The van der Waals surface area contributed by atoms with Gasteiger partial charge in [0.2, 0.25) is 5.75 Å². The van der Waals surface area contributed by atoms with E-state index in [9.17, 15) is 5.11 Å². The number of ether oxygens (including phenoxy) is 2. The first-order valence-electron chi connectivity index (χ1n) is 7.07. The molecule has 1 aliphatic heterocycles. The van der Waals surface area contributed by atoms with Crippen LogP contribution >= 0.6 is 24.8 Å². The Labute approximate surface area is 142 Å². The van der Waals surface area contributed by atoms with Crippen LogP contribution in [0.3, 0.4) is 0 Å². The molecule has 7 heteroatoms. The van der Waals surface area contributed by atoms with E-state index in [2.05, 4.69) is 29.8 Å². The molecule has 1 atom stereocenters. The summed E-state index contributed by atoms with van der Waals surface area (Å²) in [6.45, 7) is 4.54. The third kappa shape index (κ3) is 3.26. The van der Waals surface area contributed by atoms with Gasteiger partial charge in [0.05, 0.1) is 19.8 Å². The Morgan fingerprint density at radius 3 is 2.77 bits per heavy atom. The lowest BCUT2D eigenvalue weighted by Gasteiger charge is -2.46. The van der Waals surface area contributed by atoms with E-state index in [1.165, 1.54) is 7.11 Å². The van der Waals surface area contributed by atoms with Crippen molar-refractivity contribution in [1.82, 2.24) is 10.2 Å². The molecule has 0 spiro atoms. The minimum Gasteiger partial charge on any atom is -0.504 e. The van der Waals surface area contributed by atoms with Crippen LogP contribution in [-0.2, 0) is 6.42 Å². The number of rotatable bonds is 4. The van der Waals surface area contributed by atoms with E-state index in [4.69, 9.17) is 21.7 Å². The van der Waals surface area contributed by atoms with E-state index in [1.54, 1.807) is 13.2 Å². The smallest absolute Gasteiger partial charge is 0.203 e. The number of methoxy groups -OCH3 is 2. The fourth-order valence-corrected chi connectivity index (χ4v) is 3.56. The number of thiocarbonyl (C=S) groups is 1. The maximum Gasteiger partial charge on any atom is 0.203 e. The van der Waals surface area contributed by atoms with Crippen LogP contribution in [0, 0.1) is 0 Å². The van der Waals surface area contributed by atoms with Crippen molar-refractivity contribution < 1.29 is 14.6 Å². The molecule has 2 rings (SSSR count). The zero-order valence-electron chi connectivity index (χ0n) is 13.0. The molecular weight excluding hydrogens is 320 g/mol. The summed E-state index contributed by atoms with van der Waals surface area (Å²) in [4.78, 5) is 2.10. The lowest BCUT2D eigenvalue weighted by molar-refractivity contribution is 0.158. The molecule has 1 unspecified atom stereocenters. The van der Waals surface area contributed by atoms with E-state index < -0.39 is 0 Å². The van der Waals surface area contributed by atoms with Crippen molar-refractivity contribution in [3.63, 3.8) is 0 Å². The quantitative estimate of drug-likeness (QED) is 0.573. The predicted molar refractivity (Wildman–Crippen MR) is 94.5 cm³/mol. The van der Waals surface area contributed by atoms with E-state index in [-0.39, 0.29) is 11.3 Å². The van der Waals surface area contributed by atoms with Crippen molar-refractivity contribution in [1.29, 1.82) is 0 Å². The van der Waals surface area contributed by atoms with Gasteiger partial charge in [-0.1, -0.05) is 18.3 Å². The minimum atomic E-state index is -0.256. The average molecular weight is 342 g/mol. The molecule has 0 aliphatic carbocycles. The molecule has 1 heterocycles. The lowest BCUT2D eigenvalue weighted by Crippen LogP contribution is -2.61. The minimum absolute atomic E-state index is 0.110. The highest BCUT2D eigenvalue weighted by Crippen LogP contribution is 2.40. The molecule has 0 aromatic heterocycles. The van der Waals surface area contributed by atoms with Gasteiger partial charge in [0.1, 0.15) is 4.32 Å². The SMILES string of the molecule is COc1ccc(CC2(C)CNCCN2C(=S)S)c(O)c1OC. The normalized spacial score (nSPS) is 21.5. The van der Waals surface area contributed by atoms with Crippen LogP contribution < -0.4 is 14.8 Å². The van der Waals surface area contributed by atoms with Crippen LogP contribution in [0.25, 0.3) is 0 Å². The fourth-order valence-electron chi connectivity index (χ4n) is 2.90. The number of phenols is 1. The van der Waals surface area contributed by atoms with Gasteiger partial charge in [-0.05, 0) is 13.0 Å². The van der Waals surface area contributed by atoms with Crippen molar-refractivity contribution in [3.8, 4) is 17.2 Å². The summed E-state index contributed by atoms with van der Waals surface area (Å²) in [5.74, 6) is 0.975. The zero-order valence-corrected chi connectivity index (χ0v) is 14.8. The third-order valence-corrected chi connectivity index (χ3v) is 4.54. The number of nitrogens with zero attached hydrogens (tertiary/aromatic N) is 1. The van der Waals surface area contributed by atoms with Crippen molar-refractivity contribution >= 4 is 29.2 Å². The van der Waals surface area contributed by atoms with Crippen LogP contribution in [0.5, 0.6) is 17.2 Å². The van der Waals surface area contributed by atoms with Gasteiger partial charge < -0.3 is 24.8 Å². The molecule has 1 aromatic carbocycles. The van der Waals surface area contributed by atoms with Crippen molar-refractivity contribution in [2.45, 2.75) is 18.9 Å². The van der Waals surface area contributed by atoms with Gasteiger partial charge in [-0.25, -0.2) is 0 Å². The molecule has 1 aliphatic rings. The number of hydrogen-bond donors (Lipinski definition) is 3. The highest BCUT2D eigenvalue weighted by Gasteiger charge is 2.36. The monoisotopic (exact) mass is 342 g/mol. The van der Waals surface area contributed by atoms with Crippen LogP contribution in [0.1, 0.15) is 12.5 Å². The predicted octanol–water partition coefficient (Wildman–Crippen LogP) is 1.83. The second-order valence-electron chi connectivity index (χ2n) is 5.59. The summed E-state index contributed by atoms with van der Waals surface area (Å²) in [6.07, 6.45) is 0.618. The number of benzene rings is 1. The third-order valence-electron chi connectivity index (χ3n) is 4.07. The van der Waals surface area contributed by atoms with Gasteiger partial charge in [0, 0.05) is 31.6 Å². The lowest BCUT2D eigenvalue weighted by atomic mass is 9.89. The second kappa shape index (κ2) is 6.93. The summed E-state index contributed by atoms with van der Waals surface area (Å²) in [7, 11) is 3.06. The number of hydrogen-bond acceptors (Lipinski definition) is 5. The second-order valence-corrected chi connectivity index (χ2v) is 6.71. The van der Waals surface area contributed by atoms with Crippen LogP contribution in [0.2, 0.25) is 0 Å². The first kappa shape index (κ1) is 17.2. The molecule has 122 valence electrons. The van der Waals surface area contributed by atoms with Crippen LogP contribution in [0.4, 0.5) is 0 Å². The molecule has 5 nitrogen and oxygen atoms in total. The number of aromatic hydroxyl groups is 1. The van der Waals surface area contributed by atoms with Crippen molar-refractivity contribution in [2.75, 3.05) is 33.9 Å². The standard InChI is InChI=1S/C15H22N2O3S2/c1-15(9-16-6-7-17(15)14(21)22)8-10-4-5-11(19-2)13(20-3)12(10)18/h4-5,16,18H,6-9H2,1-3H3,(H,21,22). The van der Waals surface area contributed by atoms with Crippen molar-refractivity contribution in [2.24, 2.45) is 0 Å². The summed E-state index contributed by atoms with van der Waals surface area (Å²) >= 11 is 9.60. The highest BCUT2D eigenvalue weighted by atomic mass is 32.1. The Hall–Kier alpha value is -1.18. The maximum absolute atomic E-state index is 10.5. The largest absolute Gasteiger partial charge is 0.504 e. The van der Waals surface area contributed by atoms with Gasteiger partial charge >= 0.3 is 0 Å². The number of thiol groups is 1. The molecule has 1 saturated heterocycles. The van der Waals surface area contributed by atoms with Gasteiger partial charge in [0.25, 0.3) is 0 Å². The van der Waals surface area contributed by atoms with E-state index in [0.29, 0.717) is 22.2 Å². The van der Waals surface area contributed by atoms with E-state index in [1.807, 2.05) is 6.07 Å². The van der Waals surface area contributed by atoms with Gasteiger partial charge in [-0.2, -0.15) is 0 Å². The van der Waals surface area contributed by atoms with Gasteiger partial charge in [-0.15, -0.1) is 12.6 Å². The summed E-state index contributed by atoms with van der Waals surface area (Å²) < 4.78 is 11.0. The molecule has 1 aromatic rings. The molecule has 1 fully saturated rings. The molecule has 0 amide bonds. The molecule has 22 heavy (non-hydrogen) atoms. The highest BCUT2D eigenvalue weighted by molar-refractivity contribution is 8.10. The van der Waals surface area contributed by atoms with Crippen LogP contribution in [-0.4, -0.2) is 53.7 Å².